The Kier molecular flexibility index (Phi) is 5.77. The van der Waals surface area contributed by atoms with Crippen LogP contribution in [0.1, 0.15) is 15.9 Å². The number of hydrogen-bond donors (Lipinski definition) is 2. The molecule has 9 heteroatoms. The standard InChI is InChI=1S/C18H16ClN3O5/c1-25-14-5-3-13(19)6-12(14)8-21-22-17(23)9-20-18(24)11-2-4-15-16(7-11)27-10-26-15/h2-8H,9-10H2,1H3,(H,20,24)(H,22,23)/b21-8-. The van der Waals surface area contributed by atoms with E-state index in [-0.39, 0.29) is 13.3 Å². The SMILES string of the molecule is COc1ccc(Cl)cc1/C=N\NC(=O)CNC(=O)c1ccc2c(c1)OCO2. The van der Waals surface area contributed by atoms with Crippen LogP contribution < -0.4 is 25.0 Å². The van der Waals surface area contributed by atoms with Gasteiger partial charge in [-0.1, -0.05) is 11.6 Å². The molecule has 2 amide bonds. The van der Waals surface area contributed by atoms with Crippen LogP contribution in [0.4, 0.5) is 0 Å². The molecule has 0 unspecified atom stereocenters. The molecule has 2 aromatic rings. The maximum absolute atomic E-state index is 12.1. The molecule has 27 heavy (non-hydrogen) atoms. The fourth-order valence-electron chi connectivity index (χ4n) is 2.32. The quantitative estimate of drug-likeness (QED) is 0.581. The van der Waals surface area contributed by atoms with Crippen molar-refractivity contribution in [3.05, 3.63) is 52.5 Å². The van der Waals surface area contributed by atoms with Crippen molar-refractivity contribution in [3.63, 3.8) is 0 Å². The molecule has 0 radical (unpaired) electrons. The molecular formula is C18H16ClN3O5. The van der Waals surface area contributed by atoms with Crippen molar-refractivity contribution in [1.82, 2.24) is 10.7 Å². The highest BCUT2D eigenvalue weighted by Crippen LogP contribution is 2.32. The van der Waals surface area contributed by atoms with Gasteiger partial charge in [-0.25, -0.2) is 5.43 Å². The minimum absolute atomic E-state index is 0.123. The minimum atomic E-state index is -0.485. The van der Waals surface area contributed by atoms with Gasteiger partial charge in [-0.05, 0) is 36.4 Å². The summed E-state index contributed by atoms with van der Waals surface area (Å²) in [4.78, 5) is 23.9. The highest BCUT2D eigenvalue weighted by molar-refractivity contribution is 6.30. The predicted octanol–water partition coefficient (Wildman–Crippen LogP) is 1.96. The Bertz CT molecular complexity index is 901. The van der Waals surface area contributed by atoms with E-state index in [0.29, 0.717) is 33.4 Å². The molecule has 0 aromatic heterocycles. The maximum atomic E-state index is 12.1. The minimum Gasteiger partial charge on any atom is -0.496 e. The first kappa shape index (κ1) is 18.5. The Balaban J connectivity index is 1.51. The number of carbonyl (C=O) groups excluding carboxylic acids is 2. The van der Waals surface area contributed by atoms with Gasteiger partial charge < -0.3 is 19.5 Å². The fourth-order valence-corrected chi connectivity index (χ4v) is 2.50. The van der Waals surface area contributed by atoms with Gasteiger partial charge in [0.15, 0.2) is 11.5 Å². The van der Waals surface area contributed by atoms with Gasteiger partial charge in [-0.15, -0.1) is 0 Å². The zero-order chi connectivity index (χ0) is 19.2. The number of hydrazone groups is 1. The molecule has 2 N–H and O–H groups in total. The molecule has 1 aliphatic heterocycles. The number of amides is 2. The van der Waals surface area contributed by atoms with Crippen LogP contribution in [0.15, 0.2) is 41.5 Å². The fraction of sp³-hybridized carbons (Fsp3) is 0.167. The maximum Gasteiger partial charge on any atom is 0.259 e. The van der Waals surface area contributed by atoms with Crippen LogP contribution in [0.25, 0.3) is 0 Å². The van der Waals surface area contributed by atoms with E-state index in [1.807, 2.05) is 0 Å². The first-order valence-electron chi connectivity index (χ1n) is 7.90. The number of benzene rings is 2. The zero-order valence-electron chi connectivity index (χ0n) is 14.3. The molecule has 0 saturated carbocycles. The Labute approximate surface area is 160 Å². The molecule has 1 aliphatic rings. The Hall–Kier alpha value is -3.26. The Morgan fingerprint density at radius 2 is 2.04 bits per heavy atom. The number of hydrogen-bond acceptors (Lipinski definition) is 6. The van der Waals surface area contributed by atoms with Gasteiger partial charge in [0.25, 0.3) is 11.8 Å². The highest BCUT2D eigenvalue weighted by atomic mass is 35.5. The first-order valence-corrected chi connectivity index (χ1v) is 8.28. The van der Waals surface area contributed by atoms with Crippen molar-refractivity contribution in [2.75, 3.05) is 20.4 Å². The number of ether oxygens (including phenoxy) is 3. The van der Waals surface area contributed by atoms with Crippen LogP contribution in [0, 0.1) is 0 Å². The summed E-state index contributed by atoms with van der Waals surface area (Å²) in [5.74, 6) is 0.737. The van der Waals surface area contributed by atoms with Gasteiger partial charge in [0.1, 0.15) is 5.75 Å². The topological polar surface area (TPSA) is 98.2 Å². The van der Waals surface area contributed by atoms with Gasteiger partial charge in [0, 0.05) is 16.1 Å². The lowest BCUT2D eigenvalue weighted by molar-refractivity contribution is -0.120. The molecule has 0 fully saturated rings. The number of halogens is 1. The van der Waals surface area contributed by atoms with E-state index in [1.54, 1.807) is 36.4 Å². The lowest BCUT2D eigenvalue weighted by Gasteiger charge is -2.06. The Morgan fingerprint density at radius 3 is 2.85 bits per heavy atom. The first-order chi connectivity index (χ1) is 13.1. The molecule has 0 saturated heterocycles. The number of nitrogens with zero attached hydrogens (tertiary/aromatic N) is 1. The van der Waals surface area contributed by atoms with E-state index >= 15 is 0 Å². The van der Waals surface area contributed by atoms with Crippen molar-refractivity contribution in [2.45, 2.75) is 0 Å². The van der Waals surface area contributed by atoms with Gasteiger partial charge >= 0.3 is 0 Å². The largest absolute Gasteiger partial charge is 0.496 e. The van der Waals surface area contributed by atoms with Gasteiger partial charge in [0.2, 0.25) is 6.79 Å². The molecule has 0 atom stereocenters. The van der Waals surface area contributed by atoms with E-state index in [4.69, 9.17) is 25.8 Å². The van der Waals surface area contributed by atoms with Crippen molar-refractivity contribution < 1.29 is 23.8 Å². The second-order valence-electron chi connectivity index (χ2n) is 5.43. The number of carbonyl (C=O) groups is 2. The molecule has 0 aliphatic carbocycles. The van der Waals surface area contributed by atoms with E-state index in [1.165, 1.54) is 13.3 Å². The molecule has 1 heterocycles. The van der Waals surface area contributed by atoms with Crippen LogP contribution in [-0.2, 0) is 4.79 Å². The average molecular weight is 390 g/mol. The van der Waals surface area contributed by atoms with E-state index in [2.05, 4.69) is 15.8 Å². The van der Waals surface area contributed by atoms with Crippen LogP contribution in [-0.4, -0.2) is 38.5 Å². The number of fused-ring (bicyclic) bond motifs is 1. The van der Waals surface area contributed by atoms with Crippen molar-refractivity contribution in [3.8, 4) is 17.2 Å². The van der Waals surface area contributed by atoms with E-state index in [9.17, 15) is 9.59 Å². The zero-order valence-corrected chi connectivity index (χ0v) is 15.1. The van der Waals surface area contributed by atoms with Gasteiger partial charge in [-0.2, -0.15) is 5.10 Å². The summed E-state index contributed by atoms with van der Waals surface area (Å²) in [6.07, 6.45) is 1.41. The van der Waals surface area contributed by atoms with E-state index < -0.39 is 11.8 Å². The monoisotopic (exact) mass is 389 g/mol. The number of methoxy groups -OCH3 is 1. The molecule has 3 rings (SSSR count). The van der Waals surface area contributed by atoms with Gasteiger partial charge in [-0.3, -0.25) is 9.59 Å². The van der Waals surface area contributed by atoms with Crippen LogP contribution >= 0.6 is 11.6 Å². The van der Waals surface area contributed by atoms with E-state index in [0.717, 1.165) is 0 Å². The number of nitrogens with one attached hydrogen (secondary N) is 2. The smallest absolute Gasteiger partial charge is 0.259 e. The average Bonchev–Trinajstić information content (AvgIpc) is 3.14. The highest BCUT2D eigenvalue weighted by Gasteiger charge is 2.16. The molecule has 2 aromatic carbocycles. The van der Waals surface area contributed by atoms with Crippen LogP contribution in [0.5, 0.6) is 17.2 Å². The summed E-state index contributed by atoms with van der Waals surface area (Å²) in [5.41, 5.74) is 3.29. The van der Waals surface area contributed by atoms with Crippen molar-refractivity contribution in [2.24, 2.45) is 5.10 Å². The summed E-state index contributed by atoms with van der Waals surface area (Å²) >= 11 is 5.92. The molecule has 0 bridgehead atoms. The second-order valence-corrected chi connectivity index (χ2v) is 5.87. The summed E-state index contributed by atoms with van der Waals surface area (Å²) < 4.78 is 15.6. The summed E-state index contributed by atoms with van der Waals surface area (Å²) in [6, 6.07) is 9.81. The lowest BCUT2D eigenvalue weighted by Crippen LogP contribution is -2.34. The summed E-state index contributed by atoms with van der Waals surface area (Å²) in [7, 11) is 1.52. The summed E-state index contributed by atoms with van der Waals surface area (Å²) in [5, 5.41) is 6.85. The second kappa shape index (κ2) is 8.41. The third kappa shape index (κ3) is 4.68. The number of rotatable bonds is 6. The van der Waals surface area contributed by atoms with Crippen molar-refractivity contribution in [1.29, 1.82) is 0 Å². The normalized spacial score (nSPS) is 12.1. The Morgan fingerprint density at radius 1 is 1.22 bits per heavy atom. The van der Waals surface area contributed by atoms with Crippen molar-refractivity contribution >= 4 is 29.6 Å². The lowest BCUT2D eigenvalue weighted by atomic mass is 10.2. The molecule has 8 nitrogen and oxygen atoms in total. The molecule has 0 spiro atoms. The van der Waals surface area contributed by atoms with Crippen LogP contribution in [0.3, 0.4) is 0 Å². The van der Waals surface area contributed by atoms with Gasteiger partial charge in [0.05, 0.1) is 19.9 Å². The summed E-state index contributed by atoms with van der Waals surface area (Å²) in [6.45, 7) is -0.116. The van der Waals surface area contributed by atoms with Crippen LogP contribution in [0.2, 0.25) is 5.02 Å². The third-order valence-corrected chi connectivity index (χ3v) is 3.86. The third-order valence-electron chi connectivity index (χ3n) is 3.63. The molecule has 140 valence electrons. The molecular weight excluding hydrogens is 374 g/mol. The predicted molar refractivity (Wildman–Crippen MR) is 98.6 cm³/mol.